The molecule has 104 valence electrons. The van der Waals surface area contributed by atoms with Gasteiger partial charge in [0, 0.05) is 17.7 Å². The predicted octanol–water partition coefficient (Wildman–Crippen LogP) is 1.59. The minimum Gasteiger partial charge on any atom is -0.366 e. The molecule has 0 spiro atoms. The predicted molar refractivity (Wildman–Crippen MR) is 77.3 cm³/mol. The number of nitriles is 1. The Morgan fingerprint density at radius 3 is 2.43 bits per heavy atom. The molecule has 3 N–H and O–H groups in total. The molecule has 5 heteroatoms. The molecule has 21 heavy (non-hydrogen) atoms. The molecule has 0 radical (unpaired) electrons. The number of benzene rings is 2. The van der Waals surface area contributed by atoms with Gasteiger partial charge >= 0.3 is 0 Å². The maximum absolute atomic E-state index is 12.0. The fraction of sp³-hybridized carbons (Fsp3) is 0.0625. The Morgan fingerprint density at radius 2 is 1.81 bits per heavy atom. The van der Waals surface area contributed by atoms with Crippen molar-refractivity contribution in [2.75, 3.05) is 0 Å². The van der Waals surface area contributed by atoms with Crippen LogP contribution in [0.3, 0.4) is 0 Å². The largest absolute Gasteiger partial charge is 0.366 e. The summed E-state index contributed by atoms with van der Waals surface area (Å²) in [5, 5.41) is 11.4. The third-order valence-electron chi connectivity index (χ3n) is 2.94. The van der Waals surface area contributed by atoms with Crippen molar-refractivity contribution in [2.45, 2.75) is 6.54 Å². The summed E-state index contributed by atoms with van der Waals surface area (Å²) < 4.78 is 0. The van der Waals surface area contributed by atoms with Gasteiger partial charge in [0.15, 0.2) is 0 Å². The van der Waals surface area contributed by atoms with Crippen LogP contribution in [-0.2, 0) is 6.54 Å². The van der Waals surface area contributed by atoms with Crippen LogP contribution >= 0.6 is 0 Å². The van der Waals surface area contributed by atoms with Crippen LogP contribution in [0.25, 0.3) is 0 Å². The molecule has 0 saturated carbocycles. The zero-order valence-corrected chi connectivity index (χ0v) is 11.2. The number of nitrogens with zero attached hydrogens (tertiary/aromatic N) is 1. The van der Waals surface area contributed by atoms with Crippen LogP contribution in [0.2, 0.25) is 0 Å². The van der Waals surface area contributed by atoms with Crippen LogP contribution in [0, 0.1) is 11.3 Å². The molecule has 0 aliphatic heterocycles. The SMILES string of the molecule is N#Cc1ccc(C(=O)NCc2cccc(C(N)=O)c2)cc1. The highest BCUT2D eigenvalue weighted by molar-refractivity contribution is 5.94. The van der Waals surface area contributed by atoms with Crippen molar-refractivity contribution < 1.29 is 9.59 Å². The Labute approximate surface area is 122 Å². The summed E-state index contributed by atoms with van der Waals surface area (Å²) in [5.41, 5.74) is 7.37. The van der Waals surface area contributed by atoms with Crippen LogP contribution in [-0.4, -0.2) is 11.8 Å². The molecular weight excluding hydrogens is 266 g/mol. The Kier molecular flexibility index (Phi) is 4.32. The summed E-state index contributed by atoms with van der Waals surface area (Å²) in [7, 11) is 0. The second kappa shape index (κ2) is 6.35. The lowest BCUT2D eigenvalue weighted by Crippen LogP contribution is -2.23. The Hall–Kier alpha value is -3.13. The van der Waals surface area contributed by atoms with E-state index in [-0.39, 0.29) is 5.91 Å². The number of carbonyl (C=O) groups excluding carboxylic acids is 2. The van der Waals surface area contributed by atoms with Crippen LogP contribution in [0.15, 0.2) is 48.5 Å². The molecule has 0 aromatic heterocycles. The first-order valence-electron chi connectivity index (χ1n) is 6.27. The molecule has 0 aliphatic rings. The van der Waals surface area contributed by atoms with Crippen LogP contribution < -0.4 is 11.1 Å². The molecule has 0 bridgehead atoms. The molecule has 0 heterocycles. The molecule has 0 fully saturated rings. The summed E-state index contributed by atoms with van der Waals surface area (Å²) in [6.07, 6.45) is 0. The van der Waals surface area contributed by atoms with E-state index in [2.05, 4.69) is 5.32 Å². The third-order valence-corrected chi connectivity index (χ3v) is 2.94. The Balaban J connectivity index is 2.02. The van der Waals surface area contributed by atoms with Crippen molar-refractivity contribution >= 4 is 11.8 Å². The van der Waals surface area contributed by atoms with E-state index < -0.39 is 5.91 Å². The first-order chi connectivity index (χ1) is 10.1. The second-order valence-electron chi connectivity index (χ2n) is 4.44. The summed E-state index contributed by atoms with van der Waals surface area (Å²) in [4.78, 5) is 23.0. The molecule has 0 saturated heterocycles. The molecular formula is C16H13N3O2. The number of hydrogen-bond acceptors (Lipinski definition) is 3. The van der Waals surface area contributed by atoms with E-state index in [0.29, 0.717) is 23.2 Å². The number of nitrogens with one attached hydrogen (secondary N) is 1. The lowest BCUT2D eigenvalue weighted by molar-refractivity contribution is 0.0950. The number of nitrogens with two attached hydrogens (primary N) is 1. The van der Waals surface area contributed by atoms with Crippen LogP contribution in [0.4, 0.5) is 0 Å². The van der Waals surface area contributed by atoms with Gasteiger partial charge in [0.2, 0.25) is 5.91 Å². The topological polar surface area (TPSA) is 96.0 Å². The van der Waals surface area contributed by atoms with Crippen LogP contribution in [0.1, 0.15) is 31.8 Å². The Bertz CT molecular complexity index is 715. The van der Waals surface area contributed by atoms with Gasteiger partial charge < -0.3 is 11.1 Å². The molecule has 2 aromatic carbocycles. The van der Waals surface area contributed by atoms with Crippen LogP contribution in [0.5, 0.6) is 0 Å². The number of amides is 2. The van der Waals surface area contributed by atoms with E-state index >= 15 is 0 Å². The molecule has 0 aliphatic carbocycles. The van der Waals surface area contributed by atoms with Gasteiger partial charge in [-0.3, -0.25) is 9.59 Å². The number of hydrogen-bond donors (Lipinski definition) is 2. The molecule has 0 unspecified atom stereocenters. The fourth-order valence-electron chi connectivity index (χ4n) is 1.82. The standard InChI is InChI=1S/C16H13N3O2/c17-9-11-4-6-13(7-5-11)16(21)19-10-12-2-1-3-14(8-12)15(18)20/h1-8H,10H2,(H2,18,20)(H,19,21). The maximum atomic E-state index is 12.0. The monoisotopic (exact) mass is 279 g/mol. The second-order valence-corrected chi connectivity index (χ2v) is 4.44. The molecule has 2 aromatic rings. The van der Waals surface area contributed by atoms with Gasteiger partial charge in [0.1, 0.15) is 0 Å². The quantitative estimate of drug-likeness (QED) is 0.889. The number of primary amides is 1. The van der Waals surface area contributed by atoms with Gasteiger partial charge in [-0.15, -0.1) is 0 Å². The van der Waals surface area contributed by atoms with Gasteiger partial charge in [-0.05, 0) is 42.0 Å². The Morgan fingerprint density at radius 1 is 1.10 bits per heavy atom. The summed E-state index contributed by atoms with van der Waals surface area (Å²) in [5.74, 6) is -0.751. The molecule has 2 rings (SSSR count). The van der Waals surface area contributed by atoms with Gasteiger partial charge in [-0.25, -0.2) is 0 Å². The average molecular weight is 279 g/mol. The number of rotatable bonds is 4. The fourth-order valence-corrected chi connectivity index (χ4v) is 1.82. The van der Waals surface area contributed by atoms with Gasteiger partial charge in [-0.2, -0.15) is 5.26 Å². The summed E-state index contributed by atoms with van der Waals surface area (Å²) in [6, 6.07) is 15.1. The first-order valence-corrected chi connectivity index (χ1v) is 6.27. The minimum atomic E-state index is -0.504. The van der Waals surface area contributed by atoms with Crippen molar-refractivity contribution in [1.29, 1.82) is 5.26 Å². The lowest BCUT2D eigenvalue weighted by atomic mass is 10.1. The summed E-state index contributed by atoms with van der Waals surface area (Å²) in [6.45, 7) is 0.292. The third kappa shape index (κ3) is 3.67. The lowest BCUT2D eigenvalue weighted by Gasteiger charge is -2.06. The van der Waals surface area contributed by atoms with Crippen molar-refractivity contribution in [3.8, 4) is 6.07 Å². The van der Waals surface area contributed by atoms with Crippen molar-refractivity contribution in [1.82, 2.24) is 5.32 Å². The molecule has 5 nitrogen and oxygen atoms in total. The minimum absolute atomic E-state index is 0.246. The van der Waals surface area contributed by atoms with Gasteiger partial charge in [0.25, 0.3) is 5.91 Å². The highest BCUT2D eigenvalue weighted by atomic mass is 16.2. The normalized spacial score (nSPS) is 9.67. The zero-order valence-electron chi connectivity index (χ0n) is 11.2. The molecule has 2 amide bonds. The smallest absolute Gasteiger partial charge is 0.251 e. The summed E-state index contributed by atoms with van der Waals surface area (Å²) >= 11 is 0. The molecule has 0 atom stereocenters. The van der Waals surface area contributed by atoms with E-state index in [4.69, 9.17) is 11.0 Å². The van der Waals surface area contributed by atoms with E-state index in [0.717, 1.165) is 5.56 Å². The average Bonchev–Trinajstić information content (AvgIpc) is 2.53. The maximum Gasteiger partial charge on any atom is 0.251 e. The number of carbonyl (C=O) groups is 2. The van der Waals surface area contributed by atoms with E-state index in [1.807, 2.05) is 6.07 Å². The van der Waals surface area contributed by atoms with Gasteiger partial charge in [-0.1, -0.05) is 12.1 Å². The van der Waals surface area contributed by atoms with Crippen molar-refractivity contribution in [3.63, 3.8) is 0 Å². The van der Waals surface area contributed by atoms with Crippen molar-refractivity contribution in [2.24, 2.45) is 5.73 Å². The first kappa shape index (κ1) is 14.3. The van der Waals surface area contributed by atoms with Gasteiger partial charge in [0.05, 0.1) is 11.6 Å². The van der Waals surface area contributed by atoms with E-state index in [1.165, 1.54) is 0 Å². The zero-order chi connectivity index (χ0) is 15.2. The van der Waals surface area contributed by atoms with E-state index in [9.17, 15) is 9.59 Å². The highest BCUT2D eigenvalue weighted by Gasteiger charge is 2.06. The van der Waals surface area contributed by atoms with E-state index in [1.54, 1.807) is 48.5 Å². The highest BCUT2D eigenvalue weighted by Crippen LogP contribution is 2.06. The van der Waals surface area contributed by atoms with Crippen molar-refractivity contribution in [3.05, 3.63) is 70.8 Å².